The molecule has 1 aromatic carbocycles. The van der Waals surface area contributed by atoms with Gasteiger partial charge in [-0.2, -0.15) is 5.10 Å². The molecule has 0 aliphatic heterocycles. The third-order valence-corrected chi connectivity index (χ3v) is 2.59. The van der Waals surface area contributed by atoms with E-state index in [1.807, 2.05) is 28.9 Å². The summed E-state index contributed by atoms with van der Waals surface area (Å²) < 4.78 is 7.46. The Labute approximate surface area is 101 Å². The molecular weight excluding hydrogens is 214 g/mol. The van der Waals surface area contributed by atoms with Gasteiger partial charge in [-0.3, -0.25) is 4.68 Å². The van der Waals surface area contributed by atoms with Crippen molar-refractivity contribution in [1.29, 1.82) is 0 Å². The minimum Gasteiger partial charge on any atom is -0.382 e. The molecule has 17 heavy (non-hydrogen) atoms. The van der Waals surface area contributed by atoms with E-state index in [0.717, 1.165) is 24.1 Å². The fraction of sp³-hybridized carbons (Fsp3) is 0.462. The Balaban J connectivity index is 2.04. The van der Waals surface area contributed by atoms with Crippen LogP contribution in [0.25, 0.3) is 10.9 Å². The van der Waals surface area contributed by atoms with E-state index in [-0.39, 0.29) is 0 Å². The number of nitrogens with zero attached hydrogens (tertiary/aromatic N) is 2. The fourth-order valence-electron chi connectivity index (χ4n) is 1.79. The first-order valence-electron chi connectivity index (χ1n) is 5.97. The van der Waals surface area contributed by atoms with Crippen molar-refractivity contribution < 1.29 is 4.74 Å². The summed E-state index contributed by atoms with van der Waals surface area (Å²) >= 11 is 0. The molecule has 4 nitrogen and oxygen atoms in total. The standard InChI is InChI=1S/C13H19N3O/c1-10(2)9-17-8-7-16-12-6-4-3-5-11(12)13(14)15-16/h3-6,10H,7-9H2,1-2H3,(H2,14,15). The Hall–Kier alpha value is -1.55. The summed E-state index contributed by atoms with van der Waals surface area (Å²) in [6.45, 7) is 6.48. The van der Waals surface area contributed by atoms with E-state index in [1.165, 1.54) is 0 Å². The van der Waals surface area contributed by atoms with Crippen molar-refractivity contribution in [1.82, 2.24) is 9.78 Å². The van der Waals surface area contributed by atoms with Crippen molar-refractivity contribution in [3.8, 4) is 0 Å². The van der Waals surface area contributed by atoms with E-state index in [9.17, 15) is 0 Å². The zero-order valence-electron chi connectivity index (χ0n) is 10.4. The smallest absolute Gasteiger partial charge is 0.153 e. The van der Waals surface area contributed by atoms with Crippen LogP contribution in [0.15, 0.2) is 24.3 Å². The maximum absolute atomic E-state index is 5.86. The van der Waals surface area contributed by atoms with Gasteiger partial charge in [0.05, 0.1) is 18.7 Å². The molecule has 0 bridgehead atoms. The van der Waals surface area contributed by atoms with Gasteiger partial charge in [0, 0.05) is 12.0 Å². The summed E-state index contributed by atoms with van der Waals surface area (Å²) in [5.41, 5.74) is 6.92. The van der Waals surface area contributed by atoms with Crippen LogP contribution in [0, 0.1) is 5.92 Å². The van der Waals surface area contributed by atoms with Crippen LogP contribution in [-0.4, -0.2) is 23.0 Å². The number of ether oxygens (including phenoxy) is 1. The normalized spacial score (nSPS) is 11.5. The molecule has 0 atom stereocenters. The van der Waals surface area contributed by atoms with Gasteiger partial charge in [0.1, 0.15) is 0 Å². The maximum Gasteiger partial charge on any atom is 0.153 e. The average molecular weight is 233 g/mol. The van der Waals surface area contributed by atoms with Crippen LogP contribution in [0.5, 0.6) is 0 Å². The lowest BCUT2D eigenvalue weighted by molar-refractivity contribution is 0.102. The van der Waals surface area contributed by atoms with Crippen LogP contribution in [0.2, 0.25) is 0 Å². The molecule has 1 heterocycles. The zero-order valence-corrected chi connectivity index (χ0v) is 10.4. The van der Waals surface area contributed by atoms with Crippen LogP contribution in [0.3, 0.4) is 0 Å². The molecule has 92 valence electrons. The Kier molecular flexibility index (Phi) is 3.64. The molecular formula is C13H19N3O. The lowest BCUT2D eigenvalue weighted by Crippen LogP contribution is -2.10. The van der Waals surface area contributed by atoms with E-state index in [4.69, 9.17) is 10.5 Å². The SMILES string of the molecule is CC(C)COCCn1nc(N)c2ccccc21. The van der Waals surface area contributed by atoms with Gasteiger partial charge in [-0.1, -0.05) is 26.0 Å². The molecule has 0 saturated carbocycles. The van der Waals surface area contributed by atoms with Crippen LogP contribution in [0.4, 0.5) is 5.82 Å². The molecule has 0 fully saturated rings. The second-order valence-electron chi connectivity index (χ2n) is 4.59. The number of rotatable bonds is 5. The van der Waals surface area contributed by atoms with Crippen LogP contribution < -0.4 is 5.73 Å². The Morgan fingerprint density at radius 1 is 1.35 bits per heavy atom. The first-order valence-corrected chi connectivity index (χ1v) is 5.97. The van der Waals surface area contributed by atoms with Gasteiger partial charge >= 0.3 is 0 Å². The number of hydrogen-bond donors (Lipinski definition) is 1. The van der Waals surface area contributed by atoms with E-state index in [1.54, 1.807) is 0 Å². The van der Waals surface area contributed by atoms with Crippen molar-refractivity contribution in [2.24, 2.45) is 5.92 Å². The molecule has 2 rings (SSSR count). The minimum absolute atomic E-state index is 0.564. The van der Waals surface area contributed by atoms with Crippen LogP contribution in [0.1, 0.15) is 13.8 Å². The molecule has 2 N–H and O–H groups in total. The first-order chi connectivity index (χ1) is 8.18. The highest BCUT2D eigenvalue weighted by Gasteiger charge is 2.06. The highest BCUT2D eigenvalue weighted by molar-refractivity contribution is 5.88. The molecule has 0 spiro atoms. The van der Waals surface area contributed by atoms with Crippen molar-refractivity contribution in [3.05, 3.63) is 24.3 Å². The number of para-hydroxylation sites is 1. The van der Waals surface area contributed by atoms with E-state index in [0.29, 0.717) is 18.3 Å². The third kappa shape index (κ3) is 2.77. The molecule has 2 aromatic rings. The fourth-order valence-corrected chi connectivity index (χ4v) is 1.79. The maximum atomic E-state index is 5.86. The molecule has 0 unspecified atom stereocenters. The van der Waals surface area contributed by atoms with E-state index >= 15 is 0 Å². The van der Waals surface area contributed by atoms with Gasteiger partial charge in [0.15, 0.2) is 5.82 Å². The van der Waals surface area contributed by atoms with Crippen molar-refractivity contribution in [3.63, 3.8) is 0 Å². The lowest BCUT2D eigenvalue weighted by Gasteiger charge is -2.07. The molecule has 1 aromatic heterocycles. The number of anilines is 1. The molecule has 0 saturated heterocycles. The summed E-state index contributed by atoms with van der Waals surface area (Å²) in [5.74, 6) is 1.15. The number of hydrogen-bond acceptors (Lipinski definition) is 3. The number of nitrogen functional groups attached to an aromatic ring is 1. The Bertz CT molecular complexity index is 490. The highest BCUT2D eigenvalue weighted by Crippen LogP contribution is 2.19. The predicted molar refractivity (Wildman–Crippen MR) is 69.8 cm³/mol. The number of fused-ring (bicyclic) bond motifs is 1. The van der Waals surface area contributed by atoms with Gasteiger partial charge in [0.2, 0.25) is 0 Å². The van der Waals surface area contributed by atoms with Gasteiger partial charge in [-0.05, 0) is 18.1 Å². The molecule has 0 amide bonds. The molecule has 0 aliphatic rings. The average Bonchev–Trinajstić information content (AvgIpc) is 2.63. The predicted octanol–water partition coefficient (Wildman–Crippen LogP) is 2.29. The monoisotopic (exact) mass is 233 g/mol. The first kappa shape index (κ1) is 11.9. The number of nitrogens with two attached hydrogens (primary N) is 1. The van der Waals surface area contributed by atoms with Gasteiger partial charge < -0.3 is 10.5 Å². The summed E-state index contributed by atoms with van der Waals surface area (Å²) in [4.78, 5) is 0. The van der Waals surface area contributed by atoms with Gasteiger partial charge in [-0.15, -0.1) is 0 Å². The molecule has 0 aliphatic carbocycles. The molecule has 0 radical (unpaired) electrons. The van der Waals surface area contributed by atoms with Crippen LogP contribution >= 0.6 is 0 Å². The van der Waals surface area contributed by atoms with E-state index < -0.39 is 0 Å². The van der Waals surface area contributed by atoms with E-state index in [2.05, 4.69) is 18.9 Å². The lowest BCUT2D eigenvalue weighted by atomic mass is 10.2. The summed E-state index contributed by atoms with van der Waals surface area (Å²) in [6.07, 6.45) is 0. The van der Waals surface area contributed by atoms with Crippen molar-refractivity contribution in [2.75, 3.05) is 18.9 Å². The highest BCUT2D eigenvalue weighted by atomic mass is 16.5. The topological polar surface area (TPSA) is 53.1 Å². The Morgan fingerprint density at radius 2 is 2.12 bits per heavy atom. The largest absolute Gasteiger partial charge is 0.382 e. The number of benzene rings is 1. The summed E-state index contributed by atoms with van der Waals surface area (Å²) in [6, 6.07) is 7.99. The second-order valence-corrected chi connectivity index (χ2v) is 4.59. The second kappa shape index (κ2) is 5.19. The quantitative estimate of drug-likeness (QED) is 0.806. The van der Waals surface area contributed by atoms with Gasteiger partial charge in [-0.25, -0.2) is 0 Å². The van der Waals surface area contributed by atoms with Crippen LogP contribution in [-0.2, 0) is 11.3 Å². The van der Waals surface area contributed by atoms with Crippen molar-refractivity contribution >= 4 is 16.7 Å². The van der Waals surface area contributed by atoms with Gasteiger partial charge in [0.25, 0.3) is 0 Å². The number of aromatic nitrogens is 2. The molecule has 4 heteroatoms. The summed E-state index contributed by atoms with van der Waals surface area (Å²) in [5, 5.41) is 5.33. The zero-order chi connectivity index (χ0) is 12.3. The summed E-state index contributed by atoms with van der Waals surface area (Å²) in [7, 11) is 0. The van der Waals surface area contributed by atoms with Crippen molar-refractivity contribution in [2.45, 2.75) is 20.4 Å². The third-order valence-electron chi connectivity index (χ3n) is 2.59. The minimum atomic E-state index is 0.564. The Morgan fingerprint density at radius 3 is 2.88 bits per heavy atom.